The van der Waals surface area contributed by atoms with Crippen molar-refractivity contribution in [1.29, 1.82) is 0 Å². The summed E-state index contributed by atoms with van der Waals surface area (Å²) in [5.74, 6) is 0. The topological polar surface area (TPSA) is 106 Å². The van der Waals surface area contributed by atoms with Crippen molar-refractivity contribution in [3.63, 3.8) is 0 Å². The van der Waals surface area contributed by atoms with Gasteiger partial charge in [0.25, 0.3) is 0 Å². The molecule has 0 rings (SSSR count). The van der Waals surface area contributed by atoms with Crippen LogP contribution < -0.4 is 11.5 Å². The number of nitrogens with two attached hydrogens (primary N) is 2. The lowest BCUT2D eigenvalue weighted by Gasteiger charge is -1.65. The molecule has 0 spiro atoms. The highest BCUT2D eigenvalue weighted by atomic mass is 128. The summed E-state index contributed by atoms with van der Waals surface area (Å²) in [6, 6.07) is 0. The Morgan fingerprint density at radius 3 is 1.12 bits per heavy atom. The summed E-state index contributed by atoms with van der Waals surface area (Å²) in [4.78, 5) is 18.1. The van der Waals surface area contributed by atoms with Gasteiger partial charge in [-0.15, -0.1) is 0 Å². The molecule has 0 aliphatic heterocycles. The Kier molecular flexibility index (Phi) is 81.0. The fourth-order valence-electron chi connectivity index (χ4n) is 0. The molecule has 3 unspecified atom stereocenters. The Balaban J connectivity index is -0.0000000205. The van der Waals surface area contributed by atoms with Gasteiger partial charge < -0.3 is 16.6 Å². The molecule has 0 heterocycles. The second-order valence-corrected chi connectivity index (χ2v) is 3.72. The summed E-state index contributed by atoms with van der Waals surface area (Å²) in [5.41, 5.74) is 7.91. The summed E-state index contributed by atoms with van der Waals surface area (Å²) in [6.07, 6.45) is 0. The maximum absolute atomic E-state index is 9.19. The largest absolute Gasteiger partial charge is 0.479 e. The molecular weight excluding hydrogens is 514 g/mol. The first-order chi connectivity index (χ1) is 6.20. The smallest absolute Gasteiger partial charge is 0.317 e. The van der Waals surface area contributed by atoms with Crippen molar-refractivity contribution < 1.29 is 14.7 Å². The highest BCUT2D eigenvalue weighted by Gasteiger charge is 1.65. The highest BCUT2D eigenvalue weighted by Crippen LogP contribution is 1.89. The van der Waals surface area contributed by atoms with Crippen LogP contribution in [0, 0.1) is 0 Å². The van der Waals surface area contributed by atoms with E-state index in [9.17, 15) is 4.79 Å². The number of hydrogen-bond donors (Lipinski definition) is 3. The van der Waals surface area contributed by atoms with Crippen LogP contribution in [-0.2, 0) is 0 Å². The first-order valence-electron chi connectivity index (χ1n) is 2.42. The minimum absolute atomic E-state index is 0. The maximum atomic E-state index is 9.19. The molecule has 0 aliphatic carbocycles. The number of thiocarbonyl (C=S) groups is 1. The second kappa shape index (κ2) is 36.0. The predicted molar refractivity (Wildman–Crippen MR) is 104 cm³/mol. The minimum Gasteiger partial charge on any atom is -0.479 e. The summed E-state index contributed by atoms with van der Waals surface area (Å²) < 4.78 is 0.417. The van der Waals surface area contributed by atoms with Gasteiger partial charge >= 0.3 is 5.71 Å². The van der Waals surface area contributed by atoms with E-state index in [1.54, 1.807) is 18.5 Å². The van der Waals surface area contributed by atoms with Gasteiger partial charge in [-0.3, -0.25) is 4.79 Å². The van der Waals surface area contributed by atoms with Crippen LogP contribution in [0.15, 0.2) is 0 Å². The Bertz CT molecular complexity index is 140. The van der Waals surface area contributed by atoms with Gasteiger partial charge in [0.05, 0.1) is 4.73 Å². The average molecular weight is 529 g/mol. The van der Waals surface area contributed by atoms with Gasteiger partial charge in [0.15, 0.2) is 0 Å². The number of amides is 1. The van der Waals surface area contributed by atoms with Crippen LogP contribution in [-0.4, -0.2) is 29.6 Å². The van der Waals surface area contributed by atoms with E-state index < -0.39 is 11.4 Å². The molecular formula is C4H15BI2N2O3P3S. The van der Waals surface area contributed by atoms with Gasteiger partial charge in [-0.05, 0) is 18.5 Å². The minimum atomic E-state index is -0.917. The molecule has 0 bridgehead atoms. The third-order valence-corrected chi connectivity index (χ3v) is 0. The zero-order valence-electron chi connectivity index (χ0n) is 7.39. The Morgan fingerprint density at radius 2 is 1.12 bits per heavy atom. The fraction of sp³-hybridized carbons (Fsp3) is 0.250. The molecule has 0 aliphatic rings. The molecule has 3 radical (unpaired) electrons. The van der Waals surface area contributed by atoms with E-state index in [-0.39, 0.29) is 15.8 Å². The van der Waals surface area contributed by atoms with Crippen molar-refractivity contribution in [2.24, 2.45) is 11.5 Å². The summed E-state index contributed by atoms with van der Waals surface area (Å²) in [6.45, 7) is 0. The number of halogens is 2. The zero-order chi connectivity index (χ0) is 12.7. The van der Waals surface area contributed by atoms with Crippen molar-refractivity contribution in [2.45, 2.75) is 7.43 Å². The number of carbonyl (C=O) groups excluding carboxylic acids is 1. The zero-order valence-corrected chi connectivity index (χ0v) is 16.0. The van der Waals surface area contributed by atoms with E-state index in [0.717, 1.165) is 0 Å². The number of hydrogen-bond acceptors (Lipinski definition) is 3. The molecule has 0 aromatic carbocycles. The maximum Gasteiger partial charge on any atom is 0.317 e. The Morgan fingerprint density at radius 1 is 1.12 bits per heavy atom. The van der Waals surface area contributed by atoms with Crippen LogP contribution >= 0.6 is 77.2 Å². The van der Waals surface area contributed by atoms with Crippen LogP contribution in [0.1, 0.15) is 7.43 Å². The van der Waals surface area contributed by atoms with Crippen molar-refractivity contribution in [1.82, 2.24) is 0 Å². The molecule has 0 saturated heterocycles. The van der Waals surface area contributed by atoms with Gasteiger partial charge in [0.2, 0.25) is 5.65 Å². The molecule has 0 aromatic rings. The van der Waals surface area contributed by atoms with Crippen LogP contribution in [0.2, 0.25) is 0 Å². The summed E-state index contributed by atoms with van der Waals surface area (Å²) >= 11 is 8.52. The third-order valence-electron chi connectivity index (χ3n) is 0. The van der Waals surface area contributed by atoms with Crippen LogP contribution in [0.3, 0.4) is 0 Å². The highest BCUT2D eigenvalue weighted by molar-refractivity contribution is 15.0. The van der Waals surface area contributed by atoms with Crippen LogP contribution in [0.4, 0.5) is 9.59 Å². The van der Waals surface area contributed by atoms with E-state index >= 15 is 0 Å². The van der Waals surface area contributed by atoms with E-state index in [1.807, 2.05) is 0 Å². The first kappa shape index (κ1) is 36.1. The summed E-state index contributed by atoms with van der Waals surface area (Å²) in [5, 5.41) is 7.38. The molecule has 1 amide bonds. The van der Waals surface area contributed by atoms with E-state index in [0.29, 0.717) is 4.73 Å². The third kappa shape index (κ3) is 1240. The Labute approximate surface area is 134 Å². The number of carboxylic acid groups (broad SMARTS) is 1. The fourth-order valence-corrected chi connectivity index (χ4v) is 0. The lowest BCUT2D eigenvalue weighted by atomic mass is 10.8. The monoisotopic (exact) mass is 529 g/mol. The first-order valence-corrected chi connectivity index (χ1v) is 10.8. The van der Waals surface area contributed by atoms with Gasteiger partial charge in [-0.1, -0.05) is 28.9 Å². The molecule has 5 N–H and O–H groups in total. The second-order valence-electron chi connectivity index (χ2n) is 1.14. The molecule has 12 heteroatoms. The van der Waals surface area contributed by atoms with Crippen molar-refractivity contribution in [3.05, 3.63) is 0 Å². The van der Waals surface area contributed by atoms with Crippen LogP contribution in [0.25, 0.3) is 0 Å². The lowest BCUT2D eigenvalue weighted by Crippen LogP contribution is -1.93. The number of primary amides is 1. The Hall–Kier alpha value is 1.64. The predicted octanol–water partition coefficient (Wildman–Crippen LogP) is 2.61. The van der Waals surface area contributed by atoms with Gasteiger partial charge in [-0.25, -0.2) is 4.79 Å². The average Bonchev–Trinajstić information content (AvgIpc) is 1.86. The van der Waals surface area contributed by atoms with Crippen molar-refractivity contribution in [2.75, 3.05) is 0 Å². The molecule has 5 nitrogen and oxygen atoms in total. The summed E-state index contributed by atoms with van der Waals surface area (Å²) in [7, 11) is 5.54. The normalized spacial score (nSPS) is 5.06. The van der Waals surface area contributed by atoms with Crippen molar-refractivity contribution in [3.8, 4) is 0 Å². The van der Waals surface area contributed by atoms with E-state index in [1.165, 1.54) is 0 Å². The molecule has 0 aromatic heterocycles. The van der Waals surface area contributed by atoms with Gasteiger partial charge in [0, 0.05) is 45.6 Å². The molecule has 97 valence electrons. The molecule has 16 heavy (non-hydrogen) atoms. The van der Waals surface area contributed by atoms with Gasteiger partial charge in [0.1, 0.15) is 0 Å². The molecule has 0 fully saturated rings. The molecule has 3 atom stereocenters. The van der Waals surface area contributed by atoms with E-state index in [2.05, 4.69) is 64.4 Å². The van der Waals surface area contributed by atoms with Crippen molar-refractivity contribution >= 4 is 102 Å². The van der Waals surface area contributed by atoms with Gasteiger partial charge in [-0.2, -0.15) is 0 Å². The van der Waals surface area contributed by atoms with E-state index in [4.69, 9.17) is 15.6 Å². The number of rotatable bonds is 0. The standard InChI is InChI=1S/CH4NOP.CH4NPS.CH3O2P.CH4.B.I2/c3*2-1(3)4;;;1-2/h4H2,(H2,2,3);3H2,(H2,2,4);4H2,(H,2,3);1H4;;. The SMILES string of the molecule is C.II.NC(=O)P.NC(P)=S.O=C(O)P.[B]. The molecule has 0 saturated carbocycles. The lowest BCUT2D eigenvalue weighted by molar-refractivity contribution is 0.222. The van der Waals surface area contributed by atoms with Crippen LogP contribution in [0.5, 0.6) is 0 Å². The quantitative estimate of drug-likeness (QED) is 0.194. The number of carbonyl (C=O) groups is 2.